The summed E-state index contributed by atoms with van der Waals surface area (Å²) in [5.41, 5.74) is 3.10. The number of amides is 1. The number of halogens is 1. The molecule has 0 aliphatic carbocycles. The van der Waals surface area contributed by atoms with Crippen LogP contribution in [0.3, 0.4) is 0 Å². The molecule has 4 unspecified atom stereocenters. The number of nitrogens with zero attached hydrogens (tertiary/aromatic N) is 5. The predicted octanol–water partition coefficient (Wildman–Crippen LogP) is -0.972. The van der Waals surface area contributed by atoms with E-state index >= 15 is 0 Å². The predicted molar refractivity (Wildman–Crippen MR) is 111 cm³/mol. The number of allylic oxidation sites excluding steroid dienone is 2. The quantitative estimate of drug-likeness (QED) is 0.175. The molecular formula is C22H26IN6O2-. The van der Waals surface area contributed by atoms with Gasteiger partial charge in [0.25, 0.3) is 0 Å². The van der Waals surface area contributed by atoms with Crippen molar-refractivity contribution in [3.8, 4) is 5.69 Å². The molecule has 6 heterocycles. The van der Waals surface area contributed by atoms with Gasteiger partial charge in [-0.05, 0) is 0 Å². The van der Waals surface area contributed by atoms with Crippen LogP contribution in [-0.4, -0.2) is 54.6 Å². The van der Waals surface area contributed by atoms with E-state index in [1.54, 1.807) is 12.4 Å². The van der Waals surface area contributed by atoms with Crippen LogP contribution in [-0.2, 0) is 4.74 Å². The van der Waals surface area contributed by atoms with Crippen LogP contribution in [0.25, 0.3) is 5.69 Å². The van der Waals surface area contributed by atoms with Crippen molar-refractivity contribution < 1.29 is 28.2 Å². The summed E-state index contributed by atoms with van der Waals surface area (Å²) in [5, 5.41) is 11.8. The number of carbonyl (C=O) groups is 1. The Hall–Kier alpha value is -2.43. The van der Waals surface area contributed by atoms with Gasteiger partial charge in [-0.3, -0.25) is 0 Å². The molecular weight excluding hydrogens is 507 g/mol. The van der Waals surface area contributed by atoms with Crippen molar-refractivity contribution in [2.24, 2.45) is 5.92 Å². The topological polar surface area (TPSA) is 84.9 Å². The summed E-state index contributed by atoms with van der Waals surface area (Å²) in [7, 11) is 0. The number of aryl methyl sites for hydroxylation is 1. The second-order valence-corrected chi connectivity index (χ2v) is 17.9. The molecule has 4 atom stereocenters. The molecule has 8 nitrogen and oxygen atoms in total. The Bertz CT molecular complexity index is 1110. The minimum atomic E-state index is -2.21. The number of hydrogen-bond acceptors (Lipinski definition) is 6. The van der Waals surface area contributed by atoms with E-state index in [1.165, 1.54) is 15.6 Å². The van der Waals surface area contributed by atoms with Crippen LogP contribution in [0.15, 0.2) is 48.1 Å². The molecule has 4 aliphatic heterocycles. The zero-order valence-electron chi connectivity index (χ0n) is 17.7. The van der Waals surface area contributed by atoms with E-state index in [4.69, 9.17) is 4.74 Å². The summed E-state index contributed by atoms with van der Waals surface area (Å²) in [6.45, 7) is 5.61. The van der Waals surface area contributed by atoms with Gasteiger partial charge in [0.2, 0.25) is 0 Å². The van der Waals surface area contributed by atoms with Gasteiger partial charge in [-0.1, -0.05) is 0 Å². The Morgan fingerprint density at radius 3 is 2.84 bits per heavy atom. The van der Waals surface area contributed by atoms with Gasteiger partial charge in [-0.25, -0.2) is 0 Å². The number of carbonyl (C=O) groups excluding carboxylic acids is 1. The molecule has 0 radical (unpaired) electrons. The third-order valence-electron chi connectivity index (χ3n) is 6.78. The molecule has 9 heteroatoms. The number of rotatable bonds is 5. The average Bonchev–Trinajstić information content (AvgIpc) is 3.03. The molecule has 0 bridgehead atoms. The summed E-state index contributed by atoms with van der Waals surface area (Å²) in [6.07, 6.45) is 9.73. The first-order valence-corrected chi connectivity index (χ1v) is 15.7. The zero-order valence-corrected chi connectivity index (χ0v) is 19.8. The van der Waals surface area contributed by atoms with E-state index in [9.17, 15) is 4.79 Å². The van der Waals surface area contributed by atoms with E-state index in [0.717, 1.165) is 36.7 Å². The second kappa shape index (κ2) is 7.04. The van der Waals surface area contributed by atoms with Crippen molar-refractivity contribution in [2.45, 2.75) is 34.7 Å². The van der Waals surface area contributed by atoms with Crippen molar-refractivity contribution in [3.63, 3.8) is 0 Å². The zero-order chi connectivity index (χ0) is 21.2. The average molecular weight is 533 g/mol. The molecule has 3 fully saturated rings. The normalized spacial score (nSPS) is 32.5. The van der Waals surface area contributed by atoms with Crippen LogP contribution < -0.4 is 24.0 Å². The summed E-state index contributed by atoms with van der Waals surface area (Å²) < 4.78 is 10.9. The number of ether oxygens (including phenoxy) is 1. The monoisotopic (exact) mass is 533 g/mol. The van der Waals surface area contributed by atoms with Crippen LogP contribution in [0.2, 0.25) is 0 Å². The first-order chi connectivity index (χ1) is 15.1. The van der Waals surface area contributed by atoms with Crippen molar-refractivity contribution in [2.75, 3.05) is 17.6 Å². The first kappa shape index (κ1) is 19.3. The molecule has 6 rings (SSSR count). The van der Waals surface area contributed by atoms with E-state index in [-0.39, 0.29) is 5.91 Å². The summed E-state index contributed by atoms with van der Waals surface area (Å²) in [6, 6.07) is 3.80. The molecule has 2 aromatic rings. The molecule has 2 aromatic heterocycles. The molecule has 3 saturated heterocycles. The van der Waals surface area contributed by atoms with E-state index in [1.807, 2.05) is 19.1 Å². The number of nitrogens with one attached hydrogen (secondary N) is 1. The number of aromatic nitrogens is 4. The number of alkyl halides is 3. The Morgan fingerprint density at radius 2 is 2.13 bits per heavy atom. The molecule has 31 heavy (non-hydrogen) atoms. The van der Waals surface area contributed by atoms with Gasteiger partial charge in [-0.2, -0.15) is 0 Å². The molecule has 1 N–H and O–H groups in total. The molecule has 4 aliphatic rings. The third-order valence-corrected chi connectivity index (χ3v) is 19.6. The van der Waals surface area contributed by atoms with Crippen LogP contribution >= 0.6 is 0 Å². The van der Waals surface area contributed by atoms with Gasteiger partial charge in [-0.15, -0.1) is 0 Å². The van der Waals surface area contributed by atoms with Crippen LogP contribution in [0, 0.1) is 12.8 Å². The van der Waals surface area contributed by atoms with Gasteiger partial charge in [0.15, 0.2) is 0 Å². The van der Waals surface area contributed by atoms with Gasteiger partial charge in [0.1, 0.15) is 0 Å². The number of pyridine rings is 1. The molecule has 0 saturated carbocycles. The molecule has 1 amide bonds. The fourth-order valence-corrected chi connectivity index (χ4v) is 19.7. The van der Waals surface area contributed by atoms with E-state index < -0.39 is 18.7 Å². The molecule has 164 valence electrons. The van der Waals surface area contributed by atoms with Gasteiger partial charge in [0, 0.05) is 0 Å². The maximum absolute atomic E-state index is 13.6. The van der Waals surface area contributed by atoms with Crippen molar-refractivity contribution in [3.05, 3.63) is 59.5 Å². The molecule has 0 aromatic carbocycles. The first-order valence-electron chi connectivity index (χ1n) is 10.7. The van der Waals surface area contributed by atoms with E-state index in [2.05, 4.69) is 42.7 Å². The van der Waals surface area contributed by atoms with Crippen molar-refractivity contribution >= 4 is 5.91 Å². The van der Waals surface area contributed by atoms with Crippen LogP contribution in [0.4, 0.5) is 0 Å². The standard InChI is InChI=1S/C22H26IN6O2/c1-14-5-6-18(29-25-10-11-26-29)21(27-14)22(30)28-20-12-16(17-7-8-23(17,20)28)13-31-19-4-3-9-24-15(19)2/h3-6,10-11,16-17,20,24H,7-9,12-13H2,1-2H3/q-1. The van der Waals surface area contributed by atoms with Crippen LogP contribution in [0.5, 0.6) is 0 Å². The summed E-state index contributed by atoms with van der Waals surface area (Å²) in [5.74, 6) is 1.62. The fraction of sp³-hybridized carbons (Fsp3) is 0.455. The Morgan fingerprint density at radius 1 is 1.29 bits per heavy atom. The fourth-order valence-electron chi connectivity index (χ4n) is 5.18. The molecule has 1 spiro atoms. The minimum absolute atomic E-state index is 0.0828. The number of dihydropyridines is 1. The van der Waals surface area contributed by atoms with Crippen LogP contribution in [0.1, 0.15) is 35.9 Å². The summed E-state index contributed by atoms with van der Waals surface area (Å²) >= 11 is -2.21. The van der Waals surface area contributed by atoms with Crippen molar-refractivity contribution in [1.29, 1.82) is 0 Å². The Balaban J connectivity index is 1.20. The Labute approximate surface area is 185 Å². The maximum atomic E-state index is 13.6. The Kier molecular flexibility index (Phi) is 4.38. The van der Waals surface area contributed by atoms with Crippen molar-refractivity contribution in [1.82, 2.24) is 28.4 Å². The second-order valence-electron chi connectivity index (χ2n) is 8.51. The number of hydrogen-bond donors (Lipinski definition) is 1. The van der Waals surface area contributed by atoms with Gasteiger partial charge >= 0.3 is 186 Å². The van der Waals surface area contributed by atoms with E-state index in [0.29, 0.717) is 25.3 Å². The van der Waals surface area contributed by atoms with Gasteiger partial charge in [0.05, 0.1) is 0 Å². The van der Waals surface area contributed by atoms with Gasteiger partial charge < -0.3 is 0 Å². The third kappa shape index (κ3) is 2.85. The SMILES string of the molecule is CC1=C(OCC2CC3N(C(=O)c4nc(C)ccc4-n4nccn4)[I-]34CCC24)C=CCN1. The summed E-state index contributed by atoms with van der Waals surface area (Å²) in [4.78, 5) is 19.7.